The first-order valence-corrected chi connectivity index (χ1v) is 4.69. The molecular formula is C10H8F7N. The molecule has 1 nitrogen and oxygen atoms in total. The van der Waals surface area contributed by atoms with Crippen molar-refractivity contribution < 1.29 is 30.7 Å². The molecule has 0 heterocycles. The Labute approximate surface area is 97.4 Å². The molecule has 0 aliphatic rings. The molecule has 18 heavy (non-hydrogen) atoms. The van der Waals surface area contributed by atoms with Gasteiger partial charge in [-0.25, -0.2) is 4.39 Å². The van der Waals surface area contributed by atoms with Crippen LogP contribution in [0.3, 0.4) is 0 Å². The minimum atomic E-state index is -4.74. The van der Waals surface area contributed by atoms with Crippen LogP contribution in [0, 0.1) is 5.82 Å². The van der Waals surface area contributed by atoms with Crippen LogP contribution in [0.5, 0.6) is 0 Å². The van der Waals surface area contributed by atoms with E-state index in [1.54, 1.807) is 0 Å². The van der Waals surface area contributed by atoms with Crippen LogP contribution in [0.15, 0.2) is 18.2 Å². The predicted molar refractivity (Wildman–Crippen MR) is 49.1 cm³/mol. The minimum absolute atomic E-state index is 0.151. The second-order valence-corrected chi connectivity index (χ2v) is 3.66. The Bertz CT molecular complexity index is 421. The van der Waals surface area contributed by atoms with E-state index in [9.17, 15) is 30.7 Å². The fraction of sp³-hybridized carbons (Fsp3) is 0.400. The summed E-state index contributed by atoms with van der Waals surface area (Å²) in [5.41, 5.74) is 3.00. The van der Waals surface area contributed by atoms with Crippen LogP contribution in [0.4, 0.5) is 30.7 Å². The van der Waals surface area contributed by atoms with E-state index < -0.39 is 41.8 Å². The molecule has 0 aliphatic carbocycles. The maximum absolute atomic E-state index is 13.2. The number of alkyl halides is 6. The average molecular weight is 275 g/mol. The molecule has 1 unspecified atom stereocenters. The molecule has 1 aromatic rings. The number of hydrogen-bond donors (Lipinski definition) is 1. The quantitative estimate of drug-likeness (QED) is 0.823. The van der Waals surface area contributed by atoms with Gasteiger partial charge in [0.15, 0.2) is 0 Å². The van der Waals surface area contributed by atoms with E-state index in [1.165, 1.54) is 0 Å². The van der Waals surface area contributed by atoms with Crippen LogP contribution in [-0.4, -0.2) is 12.2 Å². The van der Waals surface area contributed by atoms with Crippen LogP contribution in [0.25, 0.3) is 0 Å². The third-order valence-corrected chi connectivity index (χ3v) is 2.24. The SMILES string of the molecule is NC(Cc1ccc(C(F)(F)F)cc1F)C(F)(F)F. The average Bonchev–Trinajstić information content (AvgIpc) is 2.17. The first-order chi connectivity index (χ1) is 8.01. The summed E-state index contributed by atoms with van der Waals surface area (Å²) in [6, 6.07) is -0.993. The van der Waals surface area contributed by atoms with Crippen molar-refractivity contribution in [2.45, 2.75) is 24.8 Å². The van der Waals surface area contributed by atoms with Crippen molar-refractivity contribution in [3.63, 3.8) is 0 Å². The molecular weight excluding hydrogens is 267 g/mol. The normalized spacial score (nSPS) is 14.7. The third-order valence-electron chi connectivity index (χ3n) is 2.24. The molecule has 1 rings (SSSR count). The Balaban J connectivity index is 2.94. The lowest BCUT2D eigenvalue weighted by atomic mass is 10.0. The van der Waals surface area contributed by atoms with Gasteiger partial charge in [-0.05, 0) is 24.1 Å². The monoisotopic (exact) mass is 275 g/mol. The molecule has 0 saturated heterocycles. The third kappa shape index (κ3) is 3.59. The fourth-order valence-electron chi connectivity index (χ4n) is 1.24. The minimum Gasteiger partial charge on any atom is -0.320 e. The lowest BCUT2D eigenvalue weighted by molar-refractivity contribution is -0.147. The van der Waals surface area contributed by atoms with Gasteiger partial charge in [0.1, 0.15) is 11.9 Å². The van der Waals surface area contributed by atoms with E-state index in [2.05, 4.69) is 0 Å². The largest absolute Gasteiger partial charge is 0.416 e. The second-order valence-electron chi connectivity index (χ2n) is 3.66. The van der Waals surface area contributed by atoms with E-state index in [1.807, 2.05) is 0 Å². The van der Waals surface area contributed by atoms with Crippen LogP contribution >= 0.6 is 0 Å². The summed E-state index contributed by atoms with van der Waals surface area (Å²) < 4.78 is 86.1. The summed E-state index contributed by atoms with van der Waals surface area (Å²) >= 11 is 0. The first kappa shape index (κ1) is 14.7. The highest BCUT2D eigenvalue weighted by Crippen LogP contribution is 2.31. The summed E-state index contributed by atoms with van der Waals surface area (Å²) in [4.78, 5) is 0. The Morgan fingerprint density at radius 1 is 1.06 bits per heavy atom. The van der Waals surface area contributed by atoms with E-state index in [0.717, 1.165) is 0 Å². The van der Waals surface area contributed by atoms with Crippen molar-refractivity contribution in [2.24, 2.45) is 5.73 Å². The molecule has 8 heteroatoms. The first-order valence-electron chi connectivity index (χ1n) is 4.69. The maximum Gasteiger partial charge on any atom is 0.416 e. The highest BCUT2D eigenvalue weighted by atomic mass is 19.4. The molecule has 0 spiro atoms. The van der Waals surface area contributed by atoms with Crippen LogP contribution < -0.4 is 5.73 Å². The highest BCUT2D eigenvalue weighted by molar-refractivity contribution is 5.27. The molecule has 1 atom stereocenters. The van der Waals surface area contributed by atoms with Gasteiger partial charge in [-0.2, -0.15) is 26.3 Å². The van der Waals surface area contributed by atoms with E-state index >= 15 is 0 Å². The number of rotatable bonds is 2. The Morgan fingerprint density at radius 2 is 1.61 bits per heavy atom. The van der Waals surface area contributed by atoms with Crippen LogP contribution in [0.2, 0.25) is 0 Å². The number of benzene rings is 1. The number of nitrogens with two attached hydrogens (primary N) is 1. The van der Waals surface area contributed by atoms with Crippen molar-refractivity contribution >= 4 is 0 Å². The van der Waals surface area contributed by atoms with Gasteiger partial charge >= 0.3 is 12.4 Å². The Kier molecular flexibility index (Phi) is 3.89. The molecule has 0 saturated carbocycles. The van der Waals surface area contributed by atoms with Crippen molar-refractivity contribution in [2.75, 3.05) is 0 Å². The highest BCUT2D eigenvalue weighted by Gasteiger charge is 2.37. The zero-order chi connectivity index (χ0) is 14.1. The lowest BCUT2D eigenvalue weighted by Crippen LogP contribution is -2.39. The summed E-state index contributed by atoms with van der Waals surface area (Å²) in [6.07, 6.45) is -10.4. The van der Waals surface area contributed by atoms with Gasteiger partial charge in [0.25, 0.3) is 0 Å². The standard InChI is InChI=1S/C10H8F7N/c11-7-4-6(9(12,13)14)2-1-5(7)3-8(18)10(15,16)17/h1-2,4,8H,3,18H2. The van der Waals surface area contributed by atoms with Crippen molar-refractivity contribution in [3.05, 3.63) is 35.1 Å². The van der Waals surface area contributed by atoms with Crippen molar-refractivity contribution in [3.8, 4) is 0 Å². The maximum atomic E-state index is 13.2. The van der Waals surface area contributed by atoms with Gasteiger partial charge in [0.2, 0.25) is 0 Å². The zero-order valence-electron chi connectivity index (χ0n) is 8.74. The van der Waals surface area contributed by atoms with Crippen molar-refractivity contribution in [1.29, 1.82) is 0 Å². The Hall–Kier alpha value is -1.31. The molecule has 0 radical (unpaired) electrons. The fourth-order valence-corrected chi connectivity index (χ4v) is 1.24. The molecule has 0 aliphatic heterocycles. The van der Waals surface area contributed by atoms with E-state index in [0.29, 0.717) is 12.1 Å². The van der Waals surface area contributed by atoms with Gasteiger partial charge < -0.3 is 5.73 Å². The Morgan fingerprint density at radius 3 is 2.00 bits per heavy atom. The van der Waals surface area contributed by atoms with Crippen LogP contribution in [-0.2, 0) is 12.6 Å². The van der Waals surface area contributed by atoms with E-state index in [4.69, 9.17) is 5.73 Å². The zero-order valence-corrected chi connectivity index (χ0v) is 8.74. The summed E-state index contributed by atoms with van der Waals surface area (Å²) in [6.45, 7) is 0. The molecule has 102 valence electrons. The van der Waals surface area contributed by atoms with Gasteiger partial charge in [-0.1, -0.05) is 6.07 Å². The smallest absolute Gasteiger partial charge is 0.320 e. The summed E-state index contributed by atoms with van der Waals surface area (Å²) in [5, 5.41) is 0. The topological polar surface area (TPSA) is 26.0 Å². The van der Waals surface area contributed by atoms with Gasteiger partial charge in [-0.15, -0.1) is 0 Å². The summed E-state index contributed by atoms with van der Waals surface area (Å²) in [7, 11) is 0. The second kappa shape index (κ2) is 4.75. The van der Waals surface area contributed by atoms with E-state index in [-0.39, 0.29) is 6.07 Å². The van der Waals surface area contributed by atoms with Crippen LogP contribution in [0.1, 0.15) is 11.1 Å². The molecule has 0 bridgehead atoms. The lowest BCUT2D eigenvalue weighted by Gasteiger charge is -2.16. The predicted octanol–water partition coefficient (Wildman–Crippen LogP) is 3.28. The summed E-state index contributed by atoms with van der Waals surface area (Å²) in [5.74, 6) is -1.36. The molecule has 0 aromatic heterocycles. The van der Waals surface area contributed by atoms with Crippen molar-refractivity contribution in [1.82, 2.24) is 0 Å². The van der Waals surface area contributed by atoms with Gasteiger partial charge in [0.05, 0.1) is 5.56 Å². The molecule has 0 fully saturated rings. The molecule has 0 amide bonds. The van der Waals surface area contributed by atoms with Gasteiger partial charge in [0, 0.05) is 0 Å². The molecule has 1 aromatic carbocycles. The number of halogens is 7. The number of hydrogen-bond acceptors (Lipinski definition) is 1. The van der Waals surface area contributed by atoms with Gasteiger partial charge in [-0.3, -0.25) is 0 Å². The molecule has 2 N–H and O–H groups in total.